The number of carbonyl (C=O) groups excluding carboxylic acids is 1. The number of rotatable bonds is 12. The van der Waals surface area contributed by atoms with Gasteiger partial charge in [0.2, 0.25) is 5.91 Å². The van der Waals surface area contributed by atoms with Gasteiger partial charge in [-0.3, -0.25) is 9.36 Å². The molecule has 1 saturated heterocycles. The van der Waals surface area contributed by atoms with Gasteiger partial charge in [0.15, 0.2) is 0 Å². The third-order valence-corrected chi connectivity index (χ3v) is 9.33. The molecule has 4 heteroatoms. The lowest BCUT2D eigenvalue weighted by atomic mass is 9.86. The summed E-state index contributed by atoms with van der Waals surface area (Å²) in [6.45, 7) is 17.5. The van der Waals surface area contributed by atoms with Gasteiger partial charge in [-0.2, -0.15) is 0 Å². The van der Waals surface area contributed by atoms with Gasteiger partial charge in [-0.1, -0.05) is 76.7 Å². The summed E-state index contributed by atoms with van der Waals surface area (Å²) < 4.78 is 1.98. The van der Waals surface area contributed by atoms with Crippen molar-refractivity contribution in [2.45, 2.75) is 136 Å². The summed E-state index contributed by atoms with van der Waals surface area (Å²) in [6.07, 6.45) is 22.3. The van der Waals surface area contributed by atoms with Gasteiger partial charge in [0.05, 0.1) is 10.5 Å². The van der Waals surface area contributed by atoms with E-state index >= 15 is 0 Å². The first kappa shape index (κ1) is 34.4. The Morgan fingerprint density at radius 3 is 2.05 bits per heavy atom. The average molecular weight is 567 g/mol. The average Bonchev–Trinajstić information content (AvgIpc) is 3.25. The van der Waals surface area contributed by atoms with Crippen molar-refractivity contribution in [1.82, 2.24) is 9.47 Å². The monoisotopic (exact) mass is 566 g/mol. The molecule has 0 radical (unpaired) electrons. The molecule has 40 heavy (non-hydrogen) atoms. The van der Waals surface area contributed by atoms with E-state index < -0.39 is 0 Å². The molecule has 3 rings (SSSR count). The molecule has 0 aliphatic carbocycles. The van der Waals surface area contributed by atoms with Crippen LogP contribution in [0.4, 0.5) is 0 Å². The van der Waals surface area contributed by atoms with Crippen molar-refractivity contribution in [2.24, 2.45) is 0 Å². The number of piperidine rings is 1. The molecule has 0 amide bonds. The van der Waals surface area contributed by atoms with Gasteiger partial charge in [0, 0.05) is 11.8 Å². The van der Waals surface area contributed by atoms with E-state index in [1.54, 1.807) is 0 Å². The molecule has 1 aromatic carbocycles. The van der Waals surface area contributed by atoms with Crippen LogP contribution in [-0.4, -0.2) is 35.5 Å². The van der Waals surface area contributed by atoms with E-state index in [-0.39, 0.29) is 5.91 Å². The van der Waals surface area contributed by atoms with Crippen molar-refractivity contribution in [3.8, 4) is 0 Å². The molecule has 1 fully saturated rings. The number of thiol groups is 1. The van der Waals surface area contributed by atoms with E-state index in [1.165, 1.54) is 71.7 Å². The summed E-state index contributed by atoms with van der Waals surface area (Å²) in [7, 11) is 2.20. The number of likely N-dealkylation sites (tertiary alicyclic amines) is 1. The maximum atomic E-state index is 13.6. The van der Waals surface area contributed by atoms with E-state index in [4.69, 9.17) is 12.6 Å². The van der Waals surface area contributed by atoms with Crippen LogP contribution in [0.15, 0.2) is 29.3 Å². The third kappa shape index (κ3) is 9.11. The minimum atomic E-state index is 0.208. The van der Waals surface area contributed by atoms with E-state index in [1.807, 2.05) is 11.5 Å². The number of carbonyl (C=O) groups is 1. The van der Waals surface area contributed by atoms with Gasteiger partial charge in [-0.15, -0.1) is 12.6 Å². The van der Waals surface area contributed by atoms with Crippen molar-refractivity contribution in [1.29, 1.82) is 0 Å². The van der Waals surface area contributed by atoms with E-state index in [0.717, 1.165) is 55.7 Å². The number of hydrogen-bond acceptors (Lipinski definition) is 3. The number of aromatic nitrogens is 1. The minimum Gasteiger partial charge on any atom is -0.306 e. The minimum absolute atomic E-state index is 0.208. The number of aryl methyl sites for hydroxylation is 2. The Bertz CT molecular complexity index is 1130. The van der Waals surface area contributed by atoms with Crippen LogP contribution in [-0.2, 0) is 0 Å². The number of hydrogen-bond donors (Lipinski definition) is 1. The number of fused-ring (bicyclic) bond motifs is 1. The molecule has 1 aliphatic rings. The van der Waals surface area contributed by atoms with Gasteiger partial charge < -0.3 is 4.90 Å². The maximum Gasteiger partial charge on any atom is 0.231 e. The Kier molecular flexibility index (Phi) is 15.4. The highest BCUT2D eigenvalue weighted by Crippen LogP contribution is 2.43. The SMILES string of the molecule is C/C=C\C=C/CCCCCCCC(=O)n1c(S)c(C2CCN(C)CC2)c2c(C)c(C)c(C)c(C)c21.CCCCC. The quantitative estimate of drug-likeness (QED) is 0.157. The van der Waals surface area contributed by atoms with Crippen molar-refractivity contribution in [3.63, 3.8) is 0 Å². The first-order chi connectivity index (χ1) is 19.2. The Hall–Kier alpha value is -1.78. The summed E-state index contributed by atoms with van der Waals surface area (Å²) in [5, 5.41) is 2.19. The van der Waals surface area contributed by atoms with Gasteiger partial charge >= 0.3 is 0 Å². The second-order valence-corrected chi connectivity index (χ2v) is 12.3. The summed E-state index contributed by atoms with van der Waals surface area (Å²) in [4.78, 5) is 16.0. The second kappa shape index (κ2) is 17.9. The zero-order chi connectivity index (χ0) is 29.7. The van der Waals surface area contributed by atoms with Crippen molar-refractivity contribution < 1.29 is 4.79 Å². The molecule has 0 unspecified atom stereocenters. The van der Waals surface area contributed by atoms with E-state index in [9.17, 15) is 4.79 Å². The molecule has 0 N–H and O–H groups in total. The second-order valence-electron chi connectivity index (χ2n) is 11.9. The number of nitrogens with zero attached hydrogens (tertiary/aromatic N) is 2. The first-order valence-electron chi connectivity index (χ1n) is 16.0. The molecular weight excluding hydrogens is 508 g/mol. The fourth-order valence-corrected chi connectivity index (χ4v) is 6.49. The molecule has 1 aliphatic heterocycles. The first-order valence-corrected chi connectivity index (χ1v) is 16.5. The summed E-state index contributed by atoms with van der Waals surface area (Å²) >= 11 is 5.05. The molecule has 0 atom stereocenters. The predicted molar refractivity (Wildman–Crippen MR) is 180 cm³/mol. The summed E-state index contributed by atoms with van der Waals surface area (Å²) in [5.41, 5.74) is 7.64. The summed E-state index contributed by atoms with van der Waals surface area (Å²) in [5.74, 6) is 0.677. The molecule has 2 aromatic rings. The lowest BCUT2D eigenvalue weighted by Gasteiger charge is -2.29. The standard InChI is InChI=1S/C31H46N2OS.C5H12/c1-7-8-9-10-11-12-13-14-15-16-17-27(34)33-30-25(5)23(3)22(2)24(4)28(30)29(31(33)35)26-18-20-32(6)21-19-26;1-3-5-4-2/h7-10,26,35H,11-21H2,1-6H3;3-5H2,1-2H3/b8-7-,10-9-;. The van der Waals surface area contributed by atoms with Gasteiger partial charge in [0.25, 0.3) is 0 Å². The predicted octanol–water partition coefficient (Wildman–Crippen LogP) is 10.7. The van der Waals surface area contributed by atoms with Crippen LogP contribution in [0.2, 0.25) is 0 Å². The van der Waals surface area contributed by atoms with E-state index in [2.05, 4.69) is 77.8 Å². The fourth-order valence-electron chi connectivity index (χ4n) is 5.99. The fraction of sp³-hybridized carbons (Fsp3) is 0.639. The molecule has 224 valence electrons. The summed E-state index contributed by atoms with van der Waals surface area (Å²) in [6, 6.07) is 0. The lowest BCUT2D eigenvalue weighted by Crippen LogP contribution is -2.29. The molecule has 3 nitrogen and oxygen atoms in total. The molecule has 0 bridgehead atoms. The number of allylic oxidation sites excluding steroid dienone is 4. The molecule has 1 aromatic heterocycles. The smallest absolute Gasteiger partial charge is 0.231 e. The van der Waals surface area contributed by atoms with Crippen LogP contribution in [0.5, 0.6) is 0 Å². The molecule has 0 spiro atoms. The molecule has 0 saturated carbocycles. The van der Waals surface area contributed by atoms with Crippen LogP contribution >= 0.6 is 12.6 Å². The van der Waals surface area contributed by atoms with Crippen molar-refractivity contribution >= 4 is 29.4 Å². The van der Waals surface area contributed by atoms with Crippen molar-refractivity contribution in [2.75, 3.05) is 20.1 Å². The Morgan fingerprint density at radius 2 is 1.45 bits per heavy atom. The Morgan fingerprint density at radius 1 is 0.850 bits per heavy atom. The van der Waals surface area contributed by atoms with Crippen LogP contribution in [0.3, 0.4) is 0 Å². The van der Waals surface area contributed by atoms with E-state index in [0.29, 0.717) is 12.3 Å². The number of benzene rings is 1. The lowest BCUT2D eigenvalue weighted by molar-refractivity contribution is 0.0894. The highest BCUT2D eigenvalue weighted by atomic mass is 32.1. The third-order valence-electron chi connectivity index (χ3n) is 8.88. The molecule has 2 heterocycles. The largest absolute Gasteiger partial charge is 0.306 e. The van der Waals surface area contributed by atoms with Crippen LogP contribution < -0.4 is 0 Å². The number of unbranched alkanes of at least 4 members (excludes halogenated alkanes) is 7. The zero-order valence-corrected chi connectivity index (χ0v) is 27.9. The Labute approximate surface area is 251 Å². The van der Waals surface area contributed by atoms with Gasteiger partial charge in [-0.25, -0.2) is 0 Å². The highest BCUT2D eigenvalue weighted by molar-refractivity contribution is 7.80. The highest BCUT2D eigenvalue weighted by Gasteiger charge is 2.30. The Balaban J connectivity index is 0.00000103. The van der Waals surface area contributed by atoms with Crippen LogP contribution in [0.25, 0.3) is 10.9 Å². The molecular formula is C36H58N2OS. The topological polar surface area (TPSA) is 25.2 Å². The van der Waals surface area contributed by atoms with Gasteiger partial charge in [-0.05, 0) is 121 Å². The zero-order valence-electron chi connectivity index (χ0n) is 27.0. The van der Waals surface area contributed by atoms with Crippen molar-refractivity contribution in [3.05, 3.63) is 52.1 Å². The van der Waals surface area contributed by atoms with Crippen LogP contribution in [0.1, 0.15) is 136 Å². The van der Waals surface area contributed by atoms with Gasteiger partial charge in [0.1, 0.15) is 0 Å². The van der Waals surface area contributed by atoms with Crippen LogP contribution in [0, 0.1) is 27.7 Å². The maximum absolute atomic E-state index is 13.6. The normalized spacial score (nSPS) is 14.9.